The van der Waals surface area contributed by atoms with Gasteiger partial charge in [-0.2, -0.15) is 0 Å². The number of esters is 2. The summed E-state index contributed by atoms with van der Waals surface area (Å²) in [4.78, 5) is 38.1. The number of ether oxygens (including phenoxy) is 2. The van der Waals surface area contributed by atoms with Gasteiger partial charge in [0, 0.05) is 18.0 Å². The lowest BCUT2D eigenvalue weighted by molar-refractivity contribution is -0.139. The minimum absolute atomic E-state index is 0.0931. The van der Waals surface area contributed by atoms with Gasteiger partial charge in [0.25, 0.3) is 0 Å². The van der Waals surface area contributed by atoms with Crippen LogP contribution < -0.4 is 0 Å². The first-order chi connectivity index (χ1) is 8.51. The molecule has 0 saturated carbocycles. The lowest BCUT2D eigenvalue weighted by atomic mass is 9.99. The Kier molecular flexibility index (Phi) is 4.53. The molecule has 1 heterocycles. The standard InChI is InChI=1S/C12H13NO5/c1-7(14)9-5-13-6-10(12(16)18-3)8(9)4-11(15)17-2/h5-6H,4H2,1-3H3. The highest BCUT2D eigenvalue weighted by Gasteiger charge is 2.20. The van der Waals surface area contributed by atoms with Crippen molar-refractivity contribution in [3.05, 3.63) is 29.1 Å². The van der Waals surface area contributed by atoms with Crippen LogP contribution in [0.2, 0.25) is 0 Å². The molecule has 6 nitrogen and oxygen atoms in total. The van der Waals surface area contributed by atoms with Crippen molar-refractivity contribution < 1.29 is 23.9 Å². The van der Waals surface area contributed by atoms with Crippen molar-refractivity contribution in [1.82, 2.24) is 4.98 Å². The van der Waals surface area contributed by atoms with Crippen LogP contribution in [0.3, 0.4) is 0 Å². The van der Waals surface area contributed by atoms with Crippen molar-refractivity contribution in [2.45, 2.75) is 13.3 Å². The number of hydrogen-bond acceptors (Lipinski definition) is 6. The van der Waals surface area contributed by atoms with Crippen LogP contribution in [0.1, 0.15) is 33.2 Å². The van der Waals surface area contributed by atoms with Gasteiger partial charge in [0.05, 0.1) is 26.2 Å². The highest BCUT2D eigenvalue weighted by molar-refractivity contribution is 6.01. The van der Waals surface area contributed by atoms with E-state index in [1.807, 2.05) is 0 Å². The zero-order chi connectivity index (χ0) is 13.7. The lowest BCUT2D eigenvalue weighted by Crippen LogP contribution is -2.15. The van der Waals surface area contributed by atoms with Crippen molar-refractivity contribution in [2.75, 3.05) is 14.2 Å². The van der Waals surface area contributed by atoms with Crippen LogP contribution in [0.4, 0.5) is 0 Å². The molecule has 1 aromatic rings. The Labute approximate surface area is 104 Å². The topological polar surface area (TPSA) is 82.6 Å². The molecule has 0 aliphatic carbocycles. The number of rotatable bonds is 4. The van der Waals surface area contributed by atoms with Gasteiger partial charge in [-0.1, -0.05) is 0 Å². The van der Waals surface area contributed by atoms with Crippen LogP contribution in [-0.4, -0.2) is 36.9 Å². The second-order valence-corrected chi connectivity index (χ2v) is 3.51. The molecular formula is C12H13NO5. The molecule has 0 spiro atoms. The second-order valence-electron chi connectivity index (χ2n) is 3.51. The van der Waals surface area contributed by atoms with Crippen LogP contribution in [0.5, 0.6) is 0 Å². The molecule has 0 saturated heterocycles. The molecule has 0 fully saturated rings. The van der Waals surface area contributed by atoms with Crippen molar-refractivity contribution in [3.8, 4) is 0 Å². The summed E-state index contributed by atoms with van der Waals surface area (Å²) in [6.07, 6.45) is 2.39. The normalized spacial score (nSPS) is 9.72. The quantitative estimate of drug-likeness (QED) is 0.581. The minimum Gasteiger partial charge on any atom is -0.469 e. The van der Waals surface area contributed by atoms with Gasteiger partial charge in [-0.15, -0.1) is 0 Å². The SMILES string of the molecule is COC(=O)Cc1c(C(C)=O)cncc1C(=O)OC. The van der Waals surface area contributed by atoms with Crippen LogP contribution in [0.25, 0.3) is 0 Å². The van der Waals surface area contributed by atoms with Gasteiger partial charge in [-0.05, 0) is 12.5 Å². The molecule has 18 heavy (non-hydrogen) atoms. The third-order valence-corrected chi connectivity index (χ3v) is 2.39. The Balaban J connectivity index is 3.34. The molecule has 0 N–H and O–H groups in total. The van der Waals surface area contributed by atoms with E-state index in [1.54, 1.807) is 0 Å². The number of pyridine rings is 1. The predicted octanol–water partition coefficient (Wildman–Crippen LogP) is 0.786. The summed E-state index contributed by atoms with van der Waals surface area (Å²) < 4.78 is 9.12. The number of methoxy groups -OCH3 is 2. The summed E-state index contributed by atoms with van der Waals surface area (Å²) >= 11 is 0. The molecule has 1 rings (SSSR count). The molecule has 0 aliphatic heterocycles. The molecule has 0 atom stereocenters. The summed E-state index contributed by atoms with van der Waals surface area (Å²) in [5.41, 5.74) is 0.579. The van der Waals surface area contributed by atoms with Crippen molar-refractivity contribution in [3.63, 3.8) is 0 Å². The van der Waals surface area contributed by atoms with Crippen molar-refractivity contribution in [1.29, 1.82) is 0 Å². The third kappa shape index (κ3) is 2.91. The van der Waals surface area contributed by atoms with Gasteiger partial charge in [0.15, 0.2) is 5.78 Å². The monoisotopic (exact) mass is 251 g/mol. The Hall–Kier alpha value is -2.24. The van der Waals surface area contributed by atoms with Gasteiger partial charge in [-0.25, -0.2) is 4.79 Å². The molecule has 0 aliphatic rings. The predicted molar refractivity (Wildman–Crippen MR) is 61.3 cm³/mol. The zero-order valence-electron chi connectivity index (χ0n) is 10.4. The smallest absolute Gasteiger partial charge is 0.339 e. The number of ketones is 1. The molecule has 0 aromatic carbocycles. The number of Topliss-reactive ketones (excluding diaryl/α,β-unsaturated/α-hetero) is 1. The fraction of sp³-hybridized carbons (Fsp3) is 0.333. The van der Waals surface area contributed by atoms with E-state index < -0.39 is 11.9 Å². The average molecular weight is 251 g/mol. The van der Waals surface area contributed by atoms with E-state index in [0.717, 1.165) is 0 Å². The first-order valence-corrected chi connectivity index (χ1v) is 5.14. The number of carbonyl (C=O) groups excluding carboxylic acids is 3. The van der Waals surface area contributed by atoms with E-state index in [0.29, 0.717) is 0 Å². The molecule has 1 aromatic heterocycles. The molecule has 0 amide bonds. The van der Waals surface area contributed by atoms with Gasteiger partial charge < -0.3 is 9.47 Å². The Morgan fingerprint density at radius 1 is 1.11 bits per heavy atom. The highest BCUT2D eigenvalue weighted by atomic mass is 16.5. The number of carbonyl (C=O) groups is 3. The van der Waals surface area contributed by atoms with Crippen LogP contribution in [-0.2, 0) is 20.7 Å². The van der Waals surface area contributed by atoms with Gasteiger partial charge >= 0.3 is 11.9 Å². The van der Waals surface area contributed by atoms with E-state index in [9.17, 15) is 14.4 Å². The Morgan fingerprint density at radius 2 is 1.72 bits per heavy atom. The largest absolute Gasteiger partial charge is 0.469 e. The number of nitrogens with zero attached hydrogens (tertiary/aromatic N) is 1. The maximum atomic E-state index is 11.6. The summed E-state index contributed by atoms with van der Waals surface area (Å²) in [6, 6.07) is 0. The second kappa shape index (κ2) is 5.90. The third-order valence-electron chi connectivity index (χ3n) is 2.39. The van der Waals surface area contributed by atoms with E-state index in [-0.39, 0.29) is 28.9 Å². The van der Waals surface area contributed by atoms with Gasteiger partial charge in [0.1, 0.15) is 0 Å². The van der Waals surface area contributed by atoms with E-state index >= 15 is 0 Å². The number of hydrogen-bond donors (Lipinski definition) is 0. The maximum Gasteiger partial charge on any atom is 0.339 e. The van der Waals surface area contributed by atoms with E-state index in [1.165, 1.54) is 33.5 Å². The summed E-state index contributed by atoms with van der Waals surface area (Å²) in [5, 5.41) is 0. The van der Waals surface area contributed by atoms with Crippen LogP contribution in [0, 0.1) is 0 Å². The summed E-state index contributed by atoms with van der Waals surface area (Å²) in [5.74, 6) is -1.48. The fourth-order valence-electron chi connectivity index (χ4n) is 1.48. The molecule has 0 bridgehead atoms. The first kappa shape index (κ1) is 13.8. The highest BCUT2D eigenvalue weighted by Crippen LogP contribution is 2.16. The molecule has 0 radical (unpaired) electrons. The van der Waals surface area contributed by atoms with Gasteiger partial charge in [0.2, 0.25) is 0 Å². The van der Waals surface area contributed by atoms with Crippen LogP contribution in [0.15, 0.2) is 12.4 Å². The molecule has 0 unspecified atom stereocenters. The minimum atomic E-state index is -0.649. The lowest BCUT2D eigenvalue weighted by Gasteiger charge is -2.10. The average Bonchev–Trinajstić information content (AvgIpc) is 2.37. The molecular weight excluding hydrogens is 238 g/mol. The van der Waals surface area contributed by atoms with E-state index in [4.69, 9.17) is 0 Å². The van der Waals surface area contributed by atoms with Crippen molar-refractivity contribution in [2.24, 2.45) is 0 Å². The summed E-state index contributed by atoms with van der Waals surface area (Å²) in [6.45, 7) is 1.33. The first-order valence-electron chi connectivity index (χ1n) is 5.14. The molecule has 96 valence electrons. The summed E-state index contributed by atoms with van der Waals surface area (Å²) in [7, 11) is 2.44. The van der Waals surface area contributed by atoms with Gasteiger partial charge in [-0.3, -0.25) is 14.6 Å². The Morgan fingerprint density at radius 3 is 2.22 bits per heavy atom. The Bertz CT molecular complexity index is 495. The molecule has 6 heteroatoms. The van der Waals surface area contributed by atoms with E-state index in [2.05, 4.69) is 14.5 Å². The fourth-order valence-corrected chi connectivity index (χ4v) is 1.48. The zero-order valence-corrected chi connectivity index (χ0v) is 10.4. The number of aromatic nitrogens is 1. The van der Waals surface area contributed by atoms with Crippen LogP contribution >= 0.6 is 0 Å². The van der Waals surface area contributed by atoms with Crippen molar-refractivity contribution >= 4 is 17.7 Å². The maximum absolute atomic E-state index is 11.6.